The Bertz CT molecular complexity index is 956. The Balaban J connectivity index is 0.00000156. The molecule has 5 nitrogen and oxygen atoms in total. The predicted octanol–water partition coefficient (Wildman–Crippen LogP) is 17.8. The summed E-state index contributed by atoms with van der Waals surface area (Å²) in [5.74, 6) is 0.384. The number of anilines is 1. The zero-order chi connectivity index (χ0) is 41.8. The summed E-state index contributed by atoms with van der Waals surface area (Å²) in [6.07, 6.45) is 43.6. The second-order valence-corrected chi connectivity index (χ2v) is 19.9. The van der Waals surface area contributed by atoms with Gasteiger partial charge >= 0.3 is 8.25 Å². The molecule has 0 bridgehead atoms. The first-order chi connectivity index (χ1) is 26.8. The third-order valence-corrected chi connectivity index (χ3v) is 11.9. The third kappa shape index (κ3) is 33.8. The van der Waals surface area contributed by atoms with Crippen molar-refractivity contribution in [3.63, 3.8) is 0 Å². The molecule has 330 valence electrons. The van der Waals surface area contributed by atoms with Crippen LogP contribution >= 0.6 is 8.25 Å². The number of hydrogen-bond donors (Lipinski definition) is 2. The summed E-state index contributed by atoms with van der Waals surface area (Å²) >= 11 is 0. The minimum Gasteiger partial charge on any atom is -0.507 e. The monoisotopic (exact) mass is 807 g/mol. The van der Waals surface area contributed by atoms with Crippen LogP contribution in [-0.2, 0) is 24.4 Å². The van der Waals surface area contributed by atoms with Crippen LogP contribution in [0, 0.1) is 0 Å². The van der Waals surface area contributed by atoms with Gasteiger partial charge in [-0.05, 0) is 35.8 Å². The van der Waals surface area contributed by atoms with E-state index in [1.165, 1.54) is 193 Å². The molecule has 1 aromatic carbocycles. The molecule has 56 heavy (non-hydrogen) atoms. The second kappa shape index (κ2) is 36.9. The maximum atomic E-state index is 11.9. The number of nitrogens with two attached hydrogens (primary N) is 1. The van der Waals surface area contributed by atoms with Gasteiger partial charge in [0.2, 0.25) is 0 Å². The van der Waals surface area contributed by atoms with Gasteiger partial charge in [-0.25, -0.2) is 0 Å². The number of unbranched alkanes of at least 4 members (excludes halogenated alkanes) is 30. The Morgan fingerprint density at radius 1 is 0.446 bits per heavy atom. The van der Waals surface area contributed by atoms with E-state index in [0.717, 1.165) is 24.0 Å². The van der Waals surface area contributed by atoms with Crippen LogP contribution in [0.4, 0.5) is 5.69 Å². The summed E-state index contributed by atoms with van der Waals surface area (Å²) in [5, 5.41) is 10.3. The van der Waals surface area contributed by atoms with Crippen molar-refractivity contribution >= 4 is 13.9 Å². The van der Waals surface area contributed by atoms with Gasteiger partial charge < -0.3 is 10.8 Å². The predicted molar refractivity (Wildman–Crippen MR) is 249 cm³/mol. The number of phenolic OH excluding ortho intramolecular Hbond substituents is 1. The maximum absolute atomic E-state index is 11.9. The van der Waals surface area contributed by atoms with E-state index in [1.54, 1.807) is 0 Å². The molecule has 0 spiro atoms. The van der Waals surface area contributed by atoms with E-state index in [4.69, 9.17) is 14.8 Å². The molecule has 3 N–H and O–H groups in total. The molecule has 6 heteroatoms. The summed E-state index contributed by atoms with van der Waals surface area (Å²) in [6.45, 7) is 18.2. The fourth-order valence-corrected chi connectivity index (χ4v) is 8.05. The van der Waals surface area contributed by atoms with Crippen LogP contribution in [0.25, 0.3) is 0 Å². The van der Waals surface area contributed by atoms with E-state index in [-0.39, 0.29) is 10.8 Å². The smallest absolute Gasteiger partial charge is 0.507 e. The molecule has 0 amide bonds. The molecule has 0 aliphatic carbocycles. The molecule has 1 aromatic rings. The van der Waals surface area contributed by atoms with Crippen molar-refractivity contribution in [1.82, 2.24) is 0 Å². The molecule has 0 atom stereocenters. The average Bonchev–Trinajstić information content (AvgIpc) is 3.14. The zero-order valence-electron chi connectivity index (χ0n) is 38.9. The van der Waals surface area contributed by atoms with Crippen LogP contribution in [0.3, 0.4) is 0 Å². The molecule has 0 saturated carbocycles. The van der Waals surface area contributed by atoms with Gasteiger partial charge in [0.1, 0.15) is 19.0 Å². The fraction of sp³-hybridized carbons (Fsp3) is 0.880. The fourth-order valence-electron chi connectivity index (χ4n) is 7.42. The first-order valence-electron chi connectivity index (χ1n) is 24.2. The van der Waals surface area contributed by atoms with Crippen molar-refractivity contribution in [3.05, 3.63) is 23.3 Å². The van der Waals surface area contributed by atoms with E-state index in [2.05, 4.69) is 55.4 Å². The van der Waals surface area contributed by atoms with Crippen LogP contribution < -0.4 is 5.73 Å². The summed E-state index contributed by atoms with van der Waals surface area (Å²) in [6, 6.07) is 3.73. The molecule has 0 heterocycles. The zero-order valence-corrected chi connectivity index (χ0v) is 39.8. The summed E-state index contributed by atoms with van der Waals surface area (Å²) in [5.41, 5.74) is 8.26. The number of phenols is 1. The molecular weight excluding hydrogens is 710 g/mol. The number of benzene rings is 1. The van der Waals surface area contributed by atoms with Crippen LogP contribution in [0.15, 0.2) is 12.1 Å². The summed E-state index contributed by atoms with van der Waals surface area (Å²) in [7, 11) is -1.92. The van der Waals surface area contributed by atoms with E-state index >= 15 is 0 Å². The van der Waals surface area contributed by atoms with Crippen LogP contribution in [0.1, 0.15) is 272 Å². The molecular formula is C50H97NO4P+. The van der Waals surface area contributed by atoms with Crippen LogP contribution in [-0.4, -0.2) is 18.3 Å². The maximum Gasteiger partial charge on any atom is 0.697 e. The van der Waals surface area contributed by atoms with E-state index in [1.807, 2.05) is 12.1 Å². The van der Waals surface area contributed by atoms with Crippen molar-refractivity contribution in [2.75, 3.05) is 18.9 Å². The quantitative estimate of drug-likeness (QED) is 0.0305. The molecule has 0 aliphatic heterocycles. The van der Waals surface area contributed by atoms with E-state index in [9.17, 15) is 9.67 Å². The first kappa shape index (κ1) is 54.8. The van der Waals surface area contributed by atoms with Gasteiger partial charge in [0.15, 0.2) is 0 Å². The lowest BCUT2D eigenvalue weighted by atomic mass is 9.79. The van der Waals surface area contributed by atoms with Crippen molar-refractivity contribution in [2.45, 2.75) is 272 Å². The van der Waals surface area contributed by atoms with E-state index < -0.39 is 8.25 Å². The van der Waals surface area contributed by atoms with Gasteiger partial charge in [-0.2, -0.15) is 0 Å². The summed E-state index contributed by atoms with van der Waals surface area (Å²) < 4.78 is 22.6. The molecule has 0 fully saturated rings. The van der Waals surface area contributed by atoms with Gasteiger partial charge in [0.25, 0.3) is 0 Å². The Morgan fingerprint density at radius 3 is 0.875 bits per heavy atom. The Hall–Kier alpha value is -1.16. The second-order valence-electron chi connectivity index (χ2n) is 19.0. The van der Waals surface area contributed by atoms with Gasteiger partial charge in [-0.1, -0.05) is 248 Å². The highest BCUT2D eigenvalue weighted by Gasteiger charge is 2.26. The number of rotatable bonds is 36. The number of nitrogen functional groups attached to an aromatic ring is 1. The Morgan fingerprint density at radius 2 is 0.661 bits per heavy atom. The SMILES string of the molecule is CC(C)(C)c1cc(N)cc(C(C)(C)C)c1O.CCCCCCCCCCCCCCCCCCO[P+](=O)OCCCCCCCCCCCCCCCCCC. The van der Waals surface area contributed by atoms with Crippen molar-refractivity contribution in [1.29, 1.82) is 0 Å². The lowest BCUT2D eigenvalue weighted by Crippen LogP contribution is -2.17. The molecule has 0 unspecified atom stereocenters. The molecule has 1 rings (SSSR count). The topological polar surface area (TPSA) is 81.8 Å². The van der Waals surface area contributed by atoms with Gasteiger partial charge in [0, 0.05) is 21.4 Å². The van der Waals surface area contributed by atoms with Gasteiger partial charge in [0.05, 0.1) is 0 Å². The minimum absolute atomic E-state index is 0.0978. The number of aromatic hydroxyl groups is 1. The average molecular weight is 807 g/mol. The van der Waals surface area contributed by atoms with Crippen molar-refractivity contribution < 1.29 is 18.7 Å². The highest BCUT2D eigenvalue weighted by Crippen LogP contribution is 2.40. The van der Waals surface area contributed by atoms with Crippen LogP contribution in [0.2, 0.25) is 0 Å². The minimum atomic E-state index is -1.92. The summed E-state index contributed by atoms with van der Waals surface area (Å²) in [4.78, 5) is 0. The standard InChI is InChI=1S/C36H74O3P.C14H23NO/c1-3-5-7-9-11-13-15-17-19-21-23-25-27-29-31-33-35-38-40(37)39-36-34-32-30-28-26-24-22-20-18-16-14-12-10-8-6-4-2;1-13(2,3)10-7-9(15)8-11(12(10)16)14(4,5)6/h3-36H2,1-2H3;7-8,16H,15H2,1-6H3/q+1;. The Labute approximate surface area is 351 Å². The molecule has 0 aliphatic rings. The largest absolute Gasteiger partial charge is 0.697 e. The van der Waals surface area contributed by atoms with Crippen molar-refractivity contribution in [2.24, 2.45) is 0 Å². The van der Waals surface area contributed by atoms with E-state index in [0.29, 0.717) is 24.7 Å². The Kier molecular flexibility index (Phi) is 36.1. The molecule has 0 aromatic heterocycles. The molecule has 0 saturated heterocycles. The first-order valence-corrected chi connectivity index (χ1v) is 25.3. The lowest BCUT2D eigenvalue weighted by molar-refractivity contribution is 0.218. The van der Waals surface area contributed by atoms with Crippen molar-refractivity contribution in [3.8, 4) is 5.75 Å². The molecule has 0 radical (unpaired) electrons. The normalized spacial score (nSPS) is 11.9. The highest BCUT2D eigenvalue weighted by molar-refractivity contribution is 7.33. The van der Waals surface area contributed by atoms with Crippen LogP contribution in [0.5, 0.6) is 5.75 Å². The van der Waals surface area contributed by atoms with Gasteiger partial charge in [-0.15, -0.1) is 9.05 Å². The third-order valence-electron chi connectivity index (χ3n) is 11.1. The van der Waals surface area contributed by atoms with Gasteiger partial charge in [-0.3, -0.25) is 0 Å². The highest BCUT2D eigenvalue weighted by atomic mass is 31.1. The lowest BCUT2D eigenvalue weighted by Gasteiger charge is -2.27. The number of hydrogen-bond acceptors (Lipinski definition) is 5.